The average molecular weight is 277 g/mol. The summed E-state index contributed by atoms with van der Waals surface area (Å²) in [7, 11) is 0. The van der Waals surface area contributed by atoms with Crippen LogP contribution in [0.25, 0.3) is 0 Å². The van der Waals surface area contributed by atoms with Crippen LogP contribution < -0.4 is 0 Å². The van der Waals surface area contributed by atoms with Crippen molar-refractivity contribution in [2.75, 3.05) is 0 Å². The Morgan fingerprint density at radius 1 is 1.53 bits per heavy atom. The zero-order valence-corrected chi connectivity index (χ0v) is 9.53. The number of aliphatic hydroxyl groups excluding tert-OH is 1. The minimum Gasteiger partial charge on any atom is -0.481 e. The minimum absolute atomic E-state index is 0.255. The van der Waals surface area contributed by atoms with Gasteiger partial charge in [0, 0.05) is 0 Å². The standard InChI is InChI=1S/C10H10BrFO3/c1-5(10(14)15)9(13)6-2-3-7(11)8(12)4-6/h2-5,9,13H,1H3,(H,14,15). The molecule has 0 bridgehead atoms. The number of carboxylic acids is 1. The summed E-state index contributed by atoms with van der Waals surface area (Å²) in [6.45, 7) is 1.37. The van der Waals surface area contributed by atoms with Gasteiger partial charge in [-0.25, -0.2) is 4.39 Å². The molecule has 2 unspecified atom stereocenters. The maximum absolute atomic E-state index is 13.1. The van der Waals surface area contributed by atoms with Gasteiger partial charge >= 0.3 is 5.97 Å². The van der Waals surface area contributed by atoms with E-state index in [4.69, 9.17) is 5.11 Å². The maximum Gasteiger partial charge on any atom is 0.309 e. The Labute approximate surface area is 94.7 Å². The van der Waals surface area contributed by atoms with Crippen LogP contribution >= 0.6 is 15.9 Å². The molecule has 3 nitrogen and oxygen atoms in total. The zero-order chi connectivity index (χ0) is 11.6. The molecule has 0 aliphatic carbocycles. The van der Waals surface area contributed by atoms with Gasteiger partial charge in [-0.15, -0.1) is 0 Å². The second kappa shape index (κ2) is 4.72. The van der Waals surface area contributed by atoms with E-state index in [1.54, 1.807) is 0 Å². The number of carbonyl (C=O) groups is 1. The Bertz CT molecular complexity index is 381. The molecule has 0 saturated heterocycles. The van der Waals surface area contributed by atoms with Crippen molar-refractivity contribution in [3.63, 3.8) is 0 Å². The highest BCUT2D eigenvalue weighted by Crippen LogP contribution is 2.25. The molecule has 1 rings (SSSR count). The number of aliphatic carboxylic acids is 1. The van der Waals surface area contributed by atoms with Gasteiger partial charge in [0.25, 0.3) is 0 Å². The van der Waals surface area contributed by atoms with Crippen LogP contribution in [0, 0.1) is 11.7 Å². The Morgan fingerprint density at radius 2 is 2.13 bits per heavy atom. The number of carboxylic acid groups (broad SMARTS) is 1. The van der Waals surface area contributed by atoms with E-state index in [2.05, 4.69) is 15.9 Å². The quantitative estimate of drug-likeness (QED) is 0.891. The van der Waals surface area contributed by atoms with E-state index in [0.29, 0.717) is 0 Å². The number of hydrogen-bond donors (Lipinski definition) is 2. The third-order valence-electron chi connectivity index (χ3n) is 2.15. The first kappa shape index (κ1) is 12.1. The van der Waals surface area contributed by atoms with Crippen molar-refractivity contribution in [1.82, 2.24) is 0 Å². The number of aliphatic hydroxyl groups is 1. The fraction of sp³-hybridized carbons (Fsp3) is 0.300. The normalized spacial score (nSPS) is 14.7. The van der Waals surface area contributed by atoms with E-state index in [9.17, 15) is 14.3 Å². The zero-order valence-electron chi connectivity index (χ0n) is 7.95. The summed E-state index contributed by atoms with van der Waals surface area (Å²) in [5, 5.41) is 18.3. The van der Waals surface area contributed by atoms with Crippen molar-refractivity contribution < 1.29 is 19.4 Å². The topological polar surface area (TPSA) is 57.5 Å². The summed E-state index contributed by atoms with van der Waals surface area (Å²) in [6, 6.07) is 4.04. The monoisotopic (exact) mass is 276 g/mol. The van der Waals surface area contributed by atoms with Crippen LogP contribution in [0.2, 0.25) is 0 Å². The van der Waals surface area contributed by atoms with Gasteiger partial charge in [0.1, 0.15) is 5.82 Å². The third kappa shape index (κ3) is 2.76. The van der Waals surface area contributed by atoms with Gasteiger partial charge in [0.15, 0.2) is 0 Å². The highest BCUT2D eigenvalue weighted by molar-refractivity contribution is 9.10. The molecule has 1 aromatic carbocycles. The van der Waals surface area contributed by atoms with Crippen LogP contribution in [-0.4, -0.2) is 16.2 Å². The van der Waals surface area contributed by atoms with Crippen LogP contribution in [0.1, 0.15) is 18.6 Å². The average Bonchev–Trinajstić information content (AvgIpc) is 2.19. The molecule has 0 aromatic heterocycles. The minimum atomic E-state index is -1.20. The highest BCUT2D eigenvalue weighted by atomic mass is 79.9. The summed E-state index contributed by atoms with van der Waals surface area (Å²) >= 11 is 2.97. The molecular formula is C10H10BrFO3. The molecule has 2 N–H and O–H groups in total. The second-order valence-electron chi connectivity index (χ2n) is 3.25. The number of benzene rings is 1. The van der Waals surface area contributed by atoms with Gasteiger partial charge in [-0.2, -0.15) is 0 Å². The molecule has 0 spiro atoms. The number of rotatable bonds is 3. The molecule has 0 radical (unpaired) electrons. The van der Waals surface area contributed by atoms with Crippen molar-refractivity contribution in [2.24, 2.45) is 5.92 Å². The molecular weight excluding hydrogens is 267 g/mol. The van der Waals surface area contributed by atoms with Crippen molar-refractivity contribution in [2.45, 2.75) is 13.0 Å². The molecule has 0 amide bonds. The molecule has 0 fully saturated rings. The first-order valence-electron chi connectivity index (χ1n) is 4.29. The van der Waals surface area contributed by atoms with Gasteiger partial charge < -0.3 is 10.2 Å². The number of halogens is 2. The van der Waals surface area contributed by atoms with Crippen molar-refractivity contribution >= 4 is 21.9 Å². The summed E-state index contributed by atoms with van der Waals surface area (Å²) in [4.78, 5) is 10.6. The summed E-state index contributed by atoms with van der Waals surface area (Å²) in [6.07, 6.45) is -1.20. The van der Waals surface area contributed by atoms with E-state index in [1.165, 1.54) is 19.1 Å². The van der Waals surface area contributed by atoms with E-state index in [0.717, 1.165) is 6.07 Å². The SMILES string of the molecule is CC(C(=O)O)C(O)c1ccc(Br)c(F)c1. The first-order chi connectivity index (χ1) is 6.93. The molecule has 1 aromatic rings. The second-order valence-corrected chi connectivity index (χ2v) is 4.10. The molecule has 0 heterocycles. The molecule has 0 saturated carbocycles. The first-order valence-corrected chi connectivity index (χ1v) is 5.08. The van der Waals surface area contributed by atoms with Crippen molar-refractivity contribution in [3.05, 3.63) is 34.1 Å². The Hall–Kier alpha value is -0.940. The van der Waals surface area contributed by atoms with Gasteiger partial charge in [-0.05, 0) is 40.5 Å². The Morgan fingerprint density at radius 3 is 2.60 bits per heavy atom. The maximum atomic E-state index is 13.1. The summed E-state index contributed by atoms with van der Waals surface area (Å²) in [5.41, 5.74) is 0.255. The molecule has 0 aliphatic heterocycles. The van der Waals surface area contributed by atoms with Gasteiger partial charge in [0.05, 0.1) is 16.5 Å². The molecule has 15 heavy (non-hydrogen) atoms. The Balaban J connectivity index is 2.96. The fourth-order valence-corrected chi connectivity index (χ4v) is 1.37. The molecule has 5 heteroatoms. The predicted molar refractivity (Wildman–Crippen MR) is 55.9 cm³/mol. The smallest absolute Gasteiger partial charge is 0.309 e. The molecule has 2 atom stereocenters. The summed E-state index contributed by atoms with van der Waals surface area (Å²) < 4.78 is 13.4. The van der Waals surface area contributed by atoms with E-state index >= 15 is 0 Å². The predicted octanol–water partition coefficient (Wildman–Crippen LogP) is 2.34. The van der Waals surface area contributed by atoms with Gasteiger partial charge in [-0.3, -0.25) is 4.79 Å². The van der Waals surface area contributed by atoms with E-state index < -0.39 is 23.8 Å². The van der Waals surface area contributed by atoms with Gasteiger partial charge in [-0.1, -0.05) is 6.07 Å². The van der Waals surface area contributed by atoms with Crippen LogP contribution in [0.15, 0.2) is 22.7 Å². The van der Waals surface area contributed by atoms with Crippen LogP contribution in [0.5, 0.6) is 0 Å². The molecule has 0 aliphatic rings. The van der Waals surface area contributed by atoms with Crippen molar-refractivity contribution in [3.8, 4) is 0 Å². The third-order valence-corrected chi connectivity index (χ3v) is 2.79. The lowest BCUT2D eigenvalue weighted by atomic mass is 9.98. The molecule has 82 valence electrons. The van der Waals surface area contributed by atoms with Crippen LogP contribution in [-0.2, 0) is 4.79 Å². The highest BCUT2D eigenvalue weighted by Gasteiger charge is 2.23. The lowest BCUT2D eigenvalue weighted by Gasteiger charge is -2.15. The fourth-order valence-electron chi connectivity index (χ4n) is 1.12. The number of hydrogen-bond acceptors (Lipinski definition) is 2. The largest absolute Gasteiger partial charge is 0.481 e. The van der Waals surface area contributed by atoms with E-state index in [1.807, 2.05) is 0 Å². The lowest BCUT2D eigenvalue weighted by Crippen LogP contribution is -2.18. The Kier molecular flexibility index (Phi) is 3.82. The van der Waals surface area contributed by atoms with E-state index in [-0.39, 0.29) is 10.0 Å². The van der Waals surface area contributed by atoms with Crippen LogP contribution in [0.4, 0.5) is 4.39 Å². The van der Waals surface area contributed by atoms with Crippen molar-refractivity contribution in [1.29, 1.82) is 0 Å². The summed E-state index contributed by atoms with van der Waals surface area (Å²) in [5.74, 6) is -2.61. The lowest BCUT2D eigenvalue weighted by molar-refractivity contribution is -0.145. The van der Waals surface area contributed by atoms with Crippen LogP contribution in [0.3, 0.4) is 0 Å². The van der Waals surface area contributed by atoms with Gasteiger partial charge in [0.2, 0.25) is 0 Å².